The van der Waals surface area contributed by atoms with E-state index in [1.165, 1.54) is 11.3 Å². The quantitative estimate of drug-likeness (QED) is 0.908. The van der Waals surface area contributed by atoms with Crippen LogP contribution in [-0.4, -0.2) is 9.55 Å². The molecule has 1 aromatic carbocycles. The van der Waals surface area contributed by atoms with E-state index in [-0.39, 0.29) is 5.41 Å². The number of aromatic nitrogens is 2. The molecule has 0 spiro atoms. The van der Waals surface area contributed by atoms with Gasteiger partial charge >= 0.3 is 0 Å². The number of nitrogens with two attached hydrogens (primary N) is 1. The van der Waals surface area contributed by atoms with Crippen LogP contribution in [0.25, 0.3) is 11.0 Å². The molecular weight excluding hydrogens is 234 g/mol. The van der Waals surface area contributed by atoms with Crippen molar-refractivity contribution in [2.45, 2.75) is 59.0 Å². The van der Waals surface area contributed by atoms with E-state index in [1.54, 1.807) is 0 Å². The lowest BCUT2D eigenvalue weighted by Crippen LogP contribution is -2.23. The Hall–Kier alpha value is -1.35. The van der Waals surface area contributed by atoms with E-state index in [4.69, 9.17) is 10.7 Å². The molecule has 3 nitrogen and oxygen atoms in total. The maximum atomic E-state index is 5.72. The molecule has 0 radical (unpaired) electrons. The second-order valence-electron chi connectivity index (χ2n) is 6.16. The Labute approximate surface area is 115 Å². The highest BCUT2D eigenvalue weighted by molar-refractivity contribution is 5.77. The second-order valence-corrected chi connectivity index (χ2v) is 6.16. The van der Waals surface area contributed by atoms with E-state index < -0.39 is 0 Å². The van der Waals surface area contributed by atoms with Crippen molar-refractivity contribution in [1.29, 1.82) is 0 Å². The van der Waals surface area contributed by atoms with Crippen LogP contribution < -0.4 is 5.73 Å². The number of nitrogens with zero attached hydrogens (tertiary/aromatic N) is 2. The summed E-state index contributed by atoms with van der Waals surface area (Å²) in [5.74, 6) is 1.18. The van der Waals surface area contributed by atoms with Crippen molar-refractivity contribution in [3.05, 3.63) is 29.6 Å². The predicted molar refractivity (Wildman–Crippen MR) is 81.3 cm³/mol. The fourth-order valence-corrected chi connectivity index (χ4v) is 2.43. The number of hydrogen-bond acceptors (Lipinski definition) is 2. The van der Waals surface area contributed by atoms with Crippen LogP contribution in [0, 0.1) is 0 Å². The van der Waals surface area contributed by atoms with Gasteiger partial charge in [0.05, 0.1) is 11.0 Å². The molecule has 2 rings (SSSR count). The van der Waals surface area contributed by atoms with Crippen molar-refractivity contribution in [2.75, 3.05) is 0 Å². The summed E-state index contributed by atoms with van der Waals surface area (Å²) in [5, 5.41) is 0. The summed E-state index contributed by atoms with van der Waals surface area (Å²) >= 11 is 0. The van der Waals surface area contributed by atoms with Gasteiger partial charge in [-0.1, -0.05) is 26.8 Å². The molecule has 0 unspecified atom stereocenters. The first-order chi connectivity index (χ1) is 8.90. The first kappa shape index (κ1) is 14.1. The van der Waals surface area contributed by atoms with Gasteiger partial charge < -0.3 is 10.3 Å². The van der Waals surface area contributed by atoms with E-state index >= 15 is 0 Å². The van der Waals surface area contributed by atoms with Crippen LogP contribution >= 0.6 is 0 Å². The summed E-state index contributed by atoms with van der Waals surface area (Å²) in [6, 6.07) is 6.78. The fraction of sp³-hybridized carbons (Fsp3) is 0.562. The van der Waals surface area contributed by atoms with Crippen LogP contribution in [0.15, 0.2) is 18.2 Å². The molecular formula is C16H25N3. The topological polar surface area (TPSA) is 43.8 Å². The van der Waals surface area contributed by atoms with Gasteiger partial charge in [-0.05, 0) is 38.0 Å². The zero-order valence-electron chi connectivity index (χ0n) is 12.7. The van der Waals surface area contributed by atoms with Crippen LogP contribution in [0.2, 0.25) is 0 Å². The highest BCUT2D eigenvalue weighted by Crippen LogP contribution is 2.32. The molecule has 0 aliphatic rings. The molecule has 0 aliphatic heterocycles. The summed E-state index contributed by atoms with van der Waals surface area (Å²) in [6.07, 6.45) is 1.08. The summed E-state index contributed by atoms with van der Waals surface area (Å²) < 4.78 is 2.36. The van der Waals surface area contributed by atoms with Crippen molar-refractivity contribution in [3.8, 4) is 0 Å². The molecule has 1 heterocycles. The lowest BCUT2D eigenvalue weighted by molar-refractivity contribution is 0.430. The lowest BCUT2D eigenvalue weighted by atomic mass is 9.89. The monoisotopic (exact) mass is 259 g/mol. The number of rotatable bonds is 4. The molecule has 0 atom stereocenters. The largest absolute Gasteiger partial charge is 0.326 e. The average molecular weight is 259 g/mol. The smallest absolute Gasteiger partial charge is 0.115 e. The zero-order valence-corrected chi connectivity index (χ0v) is 12.7. The van der Waals surface area contributed by atoms with Gasteiger partial charge in [0.1, 0.15) is 5.82 Å². The molecule has 1 aromatic heterocycles. The van der Waals surface area contributed by atoms with Gasteiger partial charge in [0.2, 0.25) is 0 Å². The Morgan fingerprint density at radius 2 is 2.00 bits per heavy atom. The van der Waals surface area contributed by atoms with Gasteiger partial charge in [0.25, 0.3) is 0 Å². The van der Waals surface area contributed by atoms with Gasteiger partial charge in [-0.25, -0.2) is 4.98 Å². The number of fused-ring (bicyclic) bond motifs is 1. The molecule has 0 fully saturated rings. The minimum absolute atomic E-state index is 0.0895. The fourth-order valence-electron chi connectivity index (χ4n) is 2.43. The van der Waals surface area contributed by atoms with Gasteiger partial charge in [-0.3, -0.25) is 0 Å². The number of hydrogen-bond donors (Lipinski definition) is 1. The highest BCUT2D eigenvalue weighted by atomic mass is 15.1. The first-order valence-corrected chi connectivity index (χ1v) is 7.12. The van der Waals surface area contributed by atoms with Crippen molar-refractivity contribution in [1.82, 2.24) is 9.55 Å². The Morgan fingerprint density at radius 1 is 1.32 bits per heavy atom. The average Bonchev–Trinajstić information content (AvgIpc) is 2.77. The maximum absolute atomic E-state index is 5.72. The molecule has 104 valence electrons. The van der Waals surface area contributed by atoms with E-state index in [1.807, 2.05) is 0 Å². The van der Waals surface area contributed by atoms with Crippen molar-refractivity contribution in [3.63, 3.8) is 0 Å². The Kier molecular flexibility index (Phi) is 3.68. The van der Waals surface area contributed by atoms with Gasteiger partial charge in [0, 0.05) is 18.0 Å². The second kappa shape index (κ2) is 4.97. The Morgan fingerprint density at radius 3 is 2.53 bits per heavy atom. The first-order valence-electron chi connectivity index (χ1n) is 7.12. The molecule has 0 saturated heterocycles. The van der Waals surface area contributed by atoms with Crippen LogP contribution in [-0.2, 0) is 12.0 Å². The summed E-state index contributed by atoms with van der Waals surface area (Å²) in [6.45, 7) is 11.7. The SMILES string of the molecule is CCC(C)(C)c1nc2cc(CN)ccc2n1C(C)C. The van der Waals surface area contributed by atoms with Crippen LogP contribution in [0.5, 0.6) is 0 Å². The van der Waals surface area contributed by atoms with Crippen LogP contribution in [0.1, 0.15) is 58.5 Å². The van der Waals surface area contributed by atoms with Crippen molar-refractivity contribution < 1.29 is 0 Å². The molecule has 2 N–H and O–H groups in total. The minimum Gasteiger partial charge on any atom is -0.326 e. The van der Waals surface area contributed by atoms with E-state index in [0.717, 1.165) is 17.5 Å². The highest BCUT2D eigenvalue weighted by Gasteiger charge is 2.26. The third-order valence-corrected chi connectivity index (χ3v) is 4.00. The standard InChI is InChI=1S/C16H25N3/c1-6-16(4,5)15-18-13-9-12(10-17)7-8-14(13)19(15)11(2)3/h7-9,11H,6,10,17H2,1-5H3. The normalized spacial score (nSPS) is 12.6. The predicted octanol–water partition coefficient (Wildman–Crippen LogP) is 3.76. The van der Waals surface area contributed by atoms with E-state index in [0.29, 0.717) is 12.6 Å². The molecule has 3 heteroatoms. The lowest BCUT2D eigenvalue weighted by Gasteiger charge is -2.25. The van der Waals surface area contributed by atoms with Gasteiger partial charge in [-0.2, -0.15) is 0 Å². The summed E-state index contributed by atoms with van der Waals surface area (Å²) in [5.41, 5.74) is 9.23. The molecule has 19 heavy (non-hydrogen) atoms. The Balaban J connectivity index is 2.73. The summed E-state index contributed by atoms with van der Waals surface area (Å²) in [4.78, 5) is 4.89. The Bertz CT molecular complexity index is 579. The molecule has 0 bridgehead atoms. The molecule has 0 saturated carbocycles. The van der Waals surface area contributed by atoms with E-state index in [2.05, 4.69) is 57.4 Å². The molecule has 0 amide bonds. The summed E-state index contributed by atoms with van der Waals surface area (Å²) in [7, 11) is 0. The van der Waals surface area contributed by atoms with Crippen molar-refractivity contribution in [2.24, 2.45) is 5.73 Å². The van der Waals surface area contributed by atoms with Crippen LogP contribution in [0.3, 0.4) is 0 Å². The third kappa shape index (κ3) is 2.39. The van der Waals surface area contributed by atoms with Crippen molar-refractivity contribution >= 4 is 11.0 Å². The molecule has 2 aromatic rings. The number of imidazole rings is 1. The minimum atomic E-state index is 0.0895. The maximum Gasteiger partial charge on any atom is 0.115 e. The third-order valence-electron chi connectivity index (χ3n) is 4.00. The number of benzene rings is 1. The van der Waals surface area contributed by atoms with Gasteiger partial charge in [-0.15, -0.1) is 0 Å². The zero-order chi connectivity index (χ0) is 14.2. The van der Waals surface area contributed by atoms with E-state index in [9.17, 15) is 0 Å². The van der Waals surface area contributed by atoms with Gasteiger partial charge in [0.15, 0.2) is 0 Å². The molecule has 0 aliphatic carbocycles. The van der Waals surface area contributed by atoms with Crippen LogP contribution in [0.4, 0.5) is 0 Å².